The SMILES string of the molecule is O=C(O)Cc1ccc2c(c1)[nH]c1ccccc12. The minimum absolute atomic E-state index is 0.0608. The number of hydrogen-bond donors (Lipinski definition) is 2. The van der Waals surface area contributed by atoms with E-state index in [9.17, 15) is 4.79 Å². The zero-order valence-electron chi connectivity index (χ0n) is 9.10. The number of carboxylic acid groups (broad SMARTS) is 1. The molecule has 84 valence electrons. The van der Waals surface area contributed by atoms with Crippen LogP contribution in [0.1, 0.15) is 5.56 Å². The second-order valence-electron chi connectivity index (χ2n) is 4.12. The van der Waals surface area contributed by atoms with E-state index >= 15 is 0 Å². The quantitative estimate of drug-likeness (QED) is 0.704. The zero-order valence-corrected chi connectivity index (χ0v) is 9.10. The van der Waals surface area contributed by atoms with Gasteiger partial charge in [0.1, 0.15) is 0 Å². The van der Waals surface area contributed by atoms with E-state index in [1.807, 2.05) is 36.4 Å². The minimum atomic E-state index is -0.805. The van der Waals surface area contributed by atoms with E-state index in [0.717, 1.165) is 22.0 Å². The highest BCUT2D eigenvalue weighted by atomic mass is 16.4. The molecule has 0 amide bonds. The molecule has 3 aromatic rings. The summed E-state index contributed by atoms with van der Waals surface area (Å²) in [6, 6.07) is 13.8. The first-order valence-corrected chi connectivity index (χ1v) is 5.45. The highest BCUT2D eigenvalue weighted by Crippen LogP contribution is 2.25. The summed E-state index contributed by atoms with van der Waals surface area (Å²) in [5, 5.41) is 11.1. The highest BCUT2D eigenvalue weighted by molar-refractivity contribution is 6.07. The molecule has 0 radical (unpaired) electrons. The van der Waals surface area contributed by atoms with E-state index in [0.29, 0.717) is 0 Å². The molecule has 0 aliphatic carbocycles. The lowest BCUT2D eigenvalue weighted by molar-refractivity contribution is -0.136. The number of fused-ring (bicyclic) bond motifs is 3. The van der Waals surface area contributed by atoms with Crippen molar-refractivity contribution in [2.45, 2.75) is 6.42 Å². The minimum Gasteiger partial charge on any atom is -0.481 e. The number of aromatic amines is 1. The Morgan fingerprint density at radius 3 is 2.65 bits per heavy atom. The van der Waals surface area contributed by atoms with Gasteiger partial charge in [-0.3, -0.25) is 4.79 Å². The van der Waals surface area contributed by atoms with Gasteiger partial charge in [0.05, 0.1) is 6.42 Å². The normalized spacial score (nSPS) is 11.1. The first-order chi connectivity index (χ1) is 8.24. The summed E-state index contributed by atoms with van der Waals surface area (Å²) in [7, 11) is 0. The van der Waals surface area contributed by atoms with Gasteiger partial charge in [0.15, 0.2) is 0 Å². The molecule has 0 spiro atoms. The van der Waals surface area contributed by atoms with Crippen molar-refractivity contribution in [3.63, 3.8) is 0 Å². The van der Waals surface area contributed by atoms with E-state index in [-0.39, 0.29) is 6.42 Å². The van der Waals surface area contributed by atoms with Gasteiger partial charge in [0.25, 0.3) is 0 Å². The summed E-state index contributed by atoms with van der Waals surface area (Å²) in [6.07, 6.45) is 0.0608. The maximum Gasteiger partial charge on any atom is 0.307 e. The molecule has 2 N–H and O–H groups in total. The van der Waals surface area contributed by atoms with Crippen LogP contribution >= 0.6 is 0 Å². The average Bonchev–Trinajstić information content (AvgIpc) is 2.65. The van der Waals surface area contributed by atoms with Gasteiger partial charge in [-0.15, -0.1) is 0 Å². The summed E-state index contributed by atoms with van der Waals surface area (Å²) >= 11 is 0. The Kier molecular flexibility index (Phi) is 2.11. The van der Waals surface area contributed by atoms with E-state index in [1.54, 1.807) is 0 Å². The Morgan fingerprint density at radius 2 is 1.82 bits per heavy atom. The summed E-state index contributed by atoms with van der Waals surface area (Å²) < 4.78 is 0. The van der Waals surface area contributed by atoms with Crippen LogP contribution in [0.15, 0.2) is 42.5 Å². The molecule has 0 aliphatic heterocycles. The third kappa shape index (κ3) is 1.65. The molecule has 0 atom stereocenters. The smallest absolute Gasteiger partial charge is 0.307 e. The number of carbonyl (C=O) groups is 1. The molecule has 0 saturated carbocycles. The fourth-order valence-corrected chi connectivity index (χ4v) is 2.19. The Bertz CT molecular complexity index is 712. The van der Waals surface area contributed by atoms with Gasteiger partial charge in [-0.25, -0.2) is 0 Å². The Labute approximate surface area is 97.7 Å². The number of carboxylic acids is 1. The van der Waals surface area contributed by atoms with Crippen molar-refractivity contribution in [3.8, 4) is 0 Å². The molecule has 2 aromatic carbocycles. The molecular formula is C14H11NO2. The highest BCUT2D eigenvalue weighted by Gasteiger charge is 2.06. The molecule has 0 bridgehead atoms. The first-order valence-electron chi connectivity index (χ1n) is 5.45. The lowest BCUT2D eigenvalue weighted by Gasteiger charge is -1.97. The second-order valence-corrected chi connectivity index (χ2v) is 4.12. The van der Waals surface area contributed by atoms with Crippen LogP contribution in [0.25, 0.3) is 21.8 Å². The number of rotatable bonds is 2. The number of H-pyrrole nitrogens is 1. The van der Waals surface area contributed by atoms with Crippen LogP contribution < -0.4 is 0 Å². The molecule has 17 heavy (non-hydrogen) atoms. The summed E-state index contributed by atoms with van der Waals surface area (Å²) in [5.74, 6) is -0.805. The Morgan fingerprint density at radius 1 is 1.06 bits per heavy atom. The van der Waals surface area contributed by atoms with E-state index in [2.05, 4.69) is 11.1 Å². The Hall–Kier alpha value is -2.29. The molecule has 0 saturated heterocycles. The molecular weight excluding hydrogens is 214 g/mol. The zero-order chi connectivity index (χ0) is 11.8. The van der Waals surface area contributed by atoms with Crippen molar-refractivity contribution in [1.29, 1.82) is 0 Å². The third-order valence-corrected chi connectivity index (χ3v) is 2.93. The van der Waals surface area contributed by atoms with Crippen LogP contribution in [0.3, 0.4) is 0 Å². The van der Waals surface area contributed by atoms with Crippen molar-refractivity contribution < 1.29 is 9.90 Å². The van der Waals surface area contributed by atoms with Gasteiger partial charge >= 0.3 is 5.97 Å². The van der Waals surface area contributed by atoms with Gasteiger partial charge in [0, 0.05) is 21.8 Å². The van der Waals surface area contributed by atoms with Crippen molar-refractivity contribution in [3.05, 3.63) is 48.0 Å². The number of benzene rings is 2. The molecule has 3 heteroatoms. The van der Waals surface area contributed by atoms with Crippen LogP contribution in [-0.2, 0) is 11.2 Å². The standard InChI is InChI=1S/C14H11NO2/c16-14(17)8-9-5-6-11-10-3-1-2-4-12(10)15-13(11)7-9/h1-7,15H,8H2,(H,16,17). The molecule has 0 aliphatic rings. The van der Waals surface area contributed by atoms with Crippen LogP contribution in [0.5, 0.6) is 0 Å². The summed E-state index contributed by atoms with van der Waals surface area (Å²) in [4.78, 5) is 14.0. The van der Waals surface area contributed by atoms with Crippen LogP contribution in [-0.4, -0.2) is 16.1 Å². The van der Waals surface area contributed by atoms with Gasteiger partial charge in [-0.2, -0.15) is 0 Å². The van der Waals surface area contributed by atoms with Crippen molar-refractivity contribution in [1.82, 2.24) is 4.98 Å². The summed E-state index contributed by atoms with van der Waals surface area (Å²) in [6.45, 7) is 0. The maximum atomic E-state index is 10.7. The number of aromatic nitrogens is 1. The fourth-order valence-electron chi connectivity index (χ4n) is 2.19. The van der Waals surface area contributed by atoms with Gasteiger partial charge in [-0.05, 0) is 17.7 Å². The lowest BCUT2D eigenvalue weighted by Crippen LogP contribution is -1.99. The lowest BCUT2D eigenvalue weighted by atomic mass is 10.1. The van der Waals surface area contributed by atoms with E-state index in [1.165, 1.54) is 5.39 Å². The fraction of sp³-hybridized carbons (Fsp3) is 0.0714. The molecule has 1 aromatic heterocycles. The van der Waals surface area contributed by atoms with Crippen LogP contribution in [0.2, 0.25) is 0 Å². The number of hydrogen-bond acceptors (Lipinski definition) is 1. The monoisotopic (exact) mass is 225 g/mol. The van der Waals surface area contributed by atoms with Gasteiger partial charge in [0.2, 0.25) is 0 Å². The van der Waals surface area contributed by atoms with Gasteiger partial charge in [-0.1, -0.05) is 30.3 Å². The maximum absolute atomic E-state index is 10.7. The molecule has 0 unspecified atom stereocenters. The van der Waals surface area contributed by atoms with Crippen molar-refractivity contribution in [2.75, 3.05) is 0 Å². The molecule has 1 heterocycles. The first kappa shape index (κ1) is 9.90. The number of nitrogens with one attached hydrogen (secondary N) is 1. The number of aliphatic carboxylic acids is 1. The van der Waals surface area contributed by atoms with Crippen molar-refractivity contribution >= 4 is 27.8 Å². The average molecular weight is 225 g/mol. The Balaban J connectivity index is 2.23. The third-order valence-electron chi connectivity index (χ3n) is 2.93. The summed E-state index contributed by atoms with van der Waals surface area (Å²) in [5.41, 5.74) is 2.89. The van der Waals surface area contributed by atoms with Crippen LogP contribution in [0.4, 0.5) is 0 Å². The van der Waals surface area contributed by atoms with Gasteiger partial charge < -0.3 is 10.1 Å². The topological polar surface area (TPSA) is 53.1 Å². The predicted molar refractivity (Wildman–Crippen MR) is 67.1 cm³/mol. The molecule has 3 nitrogen and oxygen atoms in total. The second kappa shape index (κ2) is 3.63. The van der Waals surface area contributed by atoms with E-state index in [4.69, 9.17) is 5.11 Å². The number of para-hydroxylation sites is 1. The van der Waals surface area contributed by atoms with E-state index < -0.39 is 5.97 Å². The molecule has 3 rings (SSSR count). The molecule has 0 fully saturated rings. The predicted octanol–water partition coefficient (Wildman–Crippen LogP) is 2.95. The largest absolute Gasteiger partial charge is 0.481 e. The van der Waals surface area contributed by atoms with Crippen molar-refractivity contribution in [2.24, 2.45) is 0 Å². The van der Waals surface area contributed by atoms with Crippen LogP contribution in [0, 0.1) is 0 Å².